The van der Waals surface area contributed by atoms with Crippen molar-refractivity contribution in [3.63, 3.8) is 0 Å². The van der Waals surface area contributed by atoms with Crippen molar-refractivity contribution in [2.45, 2.75) is 14.7 Å². The third-order valence-electron chi connectivity index (χ3n) is 2.50. The zero-order valence-corrected chi connectivity index (χ0v) is 12.8. The molecule has 0 aromatic heterocycles. The van der Waals surface area contributed by atoms with E-state index in [2.05, 4.69) is 0 Å². The summed E-state index contributed by atoms with van der Waals surface area (Å²) in [5, 5.41) is 16.6. The van der Waals surface area contributed by atoms with Crippen LogP contribution in [0.5, 0.6) is 0 Å². The molecule has 0 saturated heterocycles. The van der Waals surface area contributed by atoms with Gasteiger partial charge >= 0.3 is 0 Å². The summed E-state index contributed by atoms with van der Waals surface area (Å²) in [4.78, 5) is 11.1. The molecule has 2 N–H and O–H groups in total. The van der Waals surface area contributed by atoms with E-state index >= 15 is 0 Å². The summed E-state index contributed by atoms with van der Waals surface area (Å²) >= 11 is 6.83. The van der Waals surface area contributed by atoms with E-state index in [9.17, 15) is 18.5 Å². The van der Waals surface area contributed by atoms with E-state index < -0.39 is 14.9 Å². The predicted octanol–water partition coefficient (Wildman–Crippen LogP) is 3.05. The summed E-state index contributed by atoms with van der Waals surface area (Å²) in [5.41, 5.74) is -0.192. The molecule has 0 spiro atoms. The number of nitrogens with two attached hydrogens (primary N) is 1. The van der Waals surface area contributed by atoms with E-state index in [4.69, 9.17) is 16.7 Å². The second-order valence-electron chi connectivity index (χ2n) is 3.99. The molecule has 0 saturated carbocycles. The SMILES string of the molecule is NS(=O)(=O)c1ccc([N+](=O)[O-])c(Sc2ccc(Cl)cc2)c1. The number of rotatable bonds is 4. The zero-order chi connectivity index (χ0) is 15.6. The Bertz CT molecular complexity index is 791. The van der Waals surface area contributed by atoms with Gasteiger partial charge in [0.1, 0.15) is 0 Å². The smallest absolute Gasteiger partial charge is 0.258 e. The maximum atomic E-state index is 11.3. The van der Waals surface area contributed by atoms with E-state index in [1.807, 2.05) is 0 Å². The molecule has 0 radical (unpaired) electrons. The van der Waals surface area contributed by atoms with Crippen LogP contribution in [0.3, 0.4) is 0 Å². The molecule has 0 atom stereocenters. The molecule has 0 aliphatic rings. The number of primary sulfonamides is 1. The first-order chi connectivity index (χ1) is 9.77. The molecule has 0 unspecified atom stereocenters. The third kappa shape index (κ3) is 3.94. The quantitative estimate of drug-likeness (QED) is 0.678. The summed E-state index contributed by atoms with van der Waals surface area (Å²) in [5.74, 6) is 0. The first-order valence-electron chi connectivity index (χ1n) is 5.52. The highest BCUT2D eigenvalue weighted by atomic mass is 35.5. The lowest BCUT2D eigenvalue weighted by Crippen LogP contribution is -2.12. The van der Waals surface area contributed by atoms with Crippen LogP contribution in [0, 0.1) is 10.1 Å². The molecule has 2 rings (SSSR count). The average Bonchev–Trinajstić information content (AvgIpc) is 2.40. The first-order valence-corrected chi connectivity index (χ1v) is 8.26. The summed E-state index contributed by atoms with van der Waals surface area (Å²) in [7, 11) is -3.92. The van der Waals surface area contributed by atoms with Gasteiger partial charge in [0.25, 0.3) is 5.69 Å². The number of benzene rings is 2. The summed E-state index contributed by atoms with van der Waals surface area (Å²) in [6.45, 7) is 0. The molecule has 110 valence electrons. The number of halogens is 1. The van der Waals surface area contributed by atoms with Gasteiger partial charge in [-0.2, -0.15) is 0 Å². The van der Waals surface area contributed by atoms with Crippen LogP contribution in [-0.2, 0) is 10.0 Å². The van der Waals surface area contributed by atoms with E-state index in [1.54, 1.807) is 24.3 Å². The maximum absolute atomic E-state index is 11.3. The van der Waals surface area contributed by atoms with Gasteiger partial charge in [-0.05, 0) is 36.4 Å². The molecule has 2 aromatic rings. The number of nitrogens with zero attached hydrogens (tertiary/aromatic N) is 1. The molecule has 0 aliphatic carbocycles. The van der Waals surface area contributed by atoms with Crippen molar-refractivity contribution in [1.29, 1.82) is 0 Å². The highest BCUT2D eigenvalue weighted by molar-refractivity contribution is 7.99. The topological polar surface area (TPSA) is 103 Å². The van der Waals surface area contributed by atoms with Crippen LogP contribution in [0.25, 0.3) is 0 Å². The van der Waals surface area contributed by atoms with Crippen LogP contribution in [0.1, 0.15) is 0 Å². The third-order valence-corrected chi connectivity index (χ3v) is 4.72. The van der Waals surface area contributed by atoms with Gasteiger partial charge in [-0.25, -0.2) is 13.6 Å². The van der Waals surface area contributed by atoms with E-state index in [1.165, 1.54) is 6.07 Å². The van der Waals surface area contributed by atoms with Crippen molar-refractivity contribution >= 4 is 39.1 Å². The molecule has 0 bridgehead atoms. The summed E-state index contributed by atoms with van der Waals surface area (Å²) in [6.07, 6.45) is 0. The Balaban J connectivity index is 2.48. The van der Waals surface area contributed by atoms with Crippen LogP contribution in [0.2, 0.25) is 5.02 Å². The Kier molecular flexibility index (Phi) is 4.52. The normalized spacial score (nSPS) is 11.3. The van der Waals surface area contributed by atoms with Crippen LogP contribution in [0.15, 0.2) is 57.2 Å². The minimum absolute atomic E-state index is 0.176. The van der Waals surface area contributed by atoms with Gasteiger partial charge in [0.15, 0.2) is 0 Å². The molecular formula is C12H9ClN2O4S2. The van der Waals surface area contributed by atoms with Gasteiger partial charge in [-0.3, -0.25) is 10.1 Å². The lowest BCUT2D eigenvalue weighted by molar-refractivity contribution is -0.387. The highest BCUT2D eigenvalue weighted by Crippen LogP contribution is 2.36. The number of nitro benzene ring substituents is 1. The van der Waals surface area contributed by atoms with Crippen LogP contribution in [0.4, 0.5) is 5.69 Å². The number of hydrogen-bond donors (Lipinski definition) is 1. The van der Waals surface area contributed by atoms with Gasteiger partial charge in [0, 0.05) is 16.0 Å². The Hall–Kier alpha value is -1.61. The summed E-state index contributed by atoms with van der Waals surface area (Å²) in [6, 6.07) is 10.1. The largest absolute Gasteiger partial charge is 0.283 e. The molecule has 2 aromatic carbocycles. The molecule has 9 heteroatoms. The van der Waals surface area contributed by atoms with E-state index in [-0.39, 0.29) is 15.5 Å². The molecule has 0 amide bonds. The van der Waals surface area contributed by atoms with Crippen LogP contribution >= 0.6 is 23.4 Å². The van der Waals surface area contributed by atoms with Crippen molar-refractivity contribution < 1.29 is 13.3 Å². The van der Waals surface area contributed by atoms with Gasteiger partial charge < -0.3 is 0 Å². The second-order valence-corrected chi connectivity index (χ2v) is 7.10. The molecule has 0 aliphatic heterocycles. The standard InChI is InChI=1S/C12H9ClN2O4S2/c13-8-1-3-9(4-2-8)20-12-7-10(21(14,18)19)5-6-11(12)15(16)17/h1-7H,(H2,14,18,19). The van der Waals surface area contributed by atoms with Crippen molar-refractivity contribution in [2.75, 3.05) is 0 Å². The highest BCUT2D eigenvalue weighted by Gasteiger charge is 2.19. The van der Waals surface area contributed by atoms with Gasteiger partial charge in [0.05, 0.1) is 14.7 Å². The molecule has 0 fully saturated rings. The van der Waals surface area contributed by atoms with Crippen molar-refractivity contribution in [3.8, 4) is 0 Å². The van der Waals surface area contributed by atoms with Crippen LogP contribution < -0.4 is 5.14 Å². The fraction of sp³-hybridized carbons (Fsp3) is 0. The van der Waals surface area contributed by atoms with Gasteiger partial charge in [0.2, 0.25) is 10.0 Å². The lowest BCUT2D eigenvalue weighted by atomic mass is 10.3. The van der Waals surface area contributed by atoms with Crippen molar-refractivity contribution in [2.24, 2.45) is 5.14 Å². The average molecular weight is 345 g/mol. The monoisotopic (exact) mass is 344 g/mol. The van der Waals surface area contributed by atoms with E-state index in [0.717, 1.165) is 23.9 Å². The second kappa shape index (κ2) is 6.02. The minimum atomic E-state index is -3.92. The van der Waals surface area contributed by atoms with Crippen LogP contribution in [-0.4, -0.2) is 13.3 Å². The first kappa shape index (κ1) is 15.8. The number of nitro groups is 1. The Morgan fingerprint density at radius 3 is 2.29 bits per heavy atom. The van der Waals surface area contributed by atoms with Gasteiger partial charge in [-0.1, -0.05) is 23.4 Å². The Morgan fingerprint density at radius 1 is 1.14 bits per heavy atom. The maximum Gasteiger partial charge on any atom is 0.283 e. The predicted molar refractivity (Wildman–Crippen MR) is 80.0 cm³/mol. The molecule has 6 nitrogen and oxygen atoms in total. The van der Waals surface area contributed by atoms with Gasteiger partial charge in [-0.15, -0.1) is 0 Å². The molecule has 21 heavy (non-hydrogen) atoms. The minimum Gasteiger partial charge on any atom is -0.258 e. The lowest BCUT2D eigenvalue weighted by Gasteiger charge is -2.05. The van der Waals surface area contributed by atoms with E-state index in [0.29, 0.717) is 9.92 Å². The number of hydrogen-bond acceptors (Lipinski definition) is 5. The zero-order valence-electron chi connectivity index (χ0n) is 10.4. The fourth-order valence-corrected chi connectivity index (χ4v) is 3.23. The fourth-order valence-electron chi connectivity index (χ4n) is 1.53. The van der Waals surface area contributed by atoms with Crippen molar-refractivity contribution in [3.05, 3.63) is 57.6 Å². The molecule has 0 heterocycles. The summed E-state index contributed by atoms with van der Waals surface area (Å²) < 4.78 is 22.7. The number of sulfonamides is 1. The van der Waals surface area contributed by atoms with Crippen molar-refractivity contribution in [1.82, 2.24) is 0 Å². The Labute approximate surface area is 130 Å². The molecular weight excluding hydrogens is 336 g/mol. The Morgan fingerprint density at radius 2 is 1.76 bits per heavy atom.